The quantitative estimate of drug-likeness (QED) is 0.892. The molecule has 0 radical (unpaired) electrons. The monoisotopic (exact) mass is 248 g/mol. The minimum Gasteiger partial charge on any atom is -0.508 e. The lowest BCUT2D eigenvalue weighted by Gasteiger charge is -2.10. The molecule has 1 N–H and O–H groups in total. The van der Waals surface area contributed by atoms with Gasteiger partial charge in [0.25, 0.3) is 0 Å². The van der Waals surface area contributed by atoms with Gasteiger partial charge in [0.2, 0.25) is 0 Å². The van der Waals surface area contributed by atoms with Gasteiger partial charge in [0.15, 0.2) is 0 Å². The molecule has 2 rings (SSSR count). The Hall–Kier alpha value is -1.67. The summed E-state index contributed by atoms with van der Waals surface area (Å²) in [4.78, 5) is 0. The third kappa shape index (κ3) is 2.71. The van der Waals surface area contributed by atoms with E-state index >= 15 is 0 Å². The van der Waals surface area contributed by atoms with E-state index in [1.807, 2.05) is 37.3 Å². The molecule has 0 amide bonds. The minimum atomic E-state index is 0.238. The lowest BCUT2D eigenvalue weighted by molar-refractivity contribution is 0.302. The summed E-state index contributed by atoms with van der Waals surface area (Å²) in [6, 6.07) is 12.8. The zero-order chi connectivity index (χ0) is 12.3. The Morgan fingerprint density at radius 3 is 2.65 bits per heavy atom. The molecule has 2 aromatic rings. The van der Waals surface area contributed by atoms with Crippen LogP contribution in [0.2, 0.25) is 5.02 Å². The van der Waals surface area contributed by atoms with Crippen molar-refractivity contribution >= 4 is 11.6 Å². The second-order valence-corrected chi connectivity index (χ2v) is 4.19. The van der Waals surface area contributed by atoms with Gasteiger partial charge in [-0.3, -0.25) is 0 Å². The maximum absolute atomic E-state index is 9.55. The third-order valence-corrected chi connectivity index (χ3v) is 2.97. The summed E-state index contributed by atoms with van der Waals surface area (Å²) in [5.74, 6) is 0.909. The Bertz CT molecular complexity index is 523. The first kappa shape index (κ1) is 11.8. The van der Waals surface area contributed by atoms with E-state index in [-0.39, 0.29) is 5.75 Å². The fourth-order valence-electron chi connectivity index (χ4n) is 1.53. The van der Waals surface area contributed by atoms with Gasteiger partial charge in [-0.25, -0.2) is 0 Å². The average Bonchev–Trinajstić information content (AvgIpc) is 2.33. The van der Waals surface area contributed by atoms with E-state index in [1.54, 1.807) is 12.1 Å². The van der Waals surface area contributed by atoms with Crippen LogP contribution in [0.5, 0.6) is 11.5 Å². The normalized spacial score (nSPS) is 10.2. The van der Waals surface area contributed by atoms with Crippen LogP contribution in [-0.2, 0) is 6.61 Å². The molecule has 88 valence electrons. The molecule has 2 aromatic carbocycles. The predicted octanol–water partition coefficient (Wildman–Crippen LogP) is 3.93. The molecule has 0 atom stereocenters. The zero-order valence-corrected chi connectivity index (χ0v) is 10.2. The SMILES string of the molecule is Cc1c(O)cccc1OCc1ccccc1Cl. The molecule has 3 heteroatoms. The first-order valence-electron chi connectivity index (χ1n) is 5.33. The highest BCUT2D eigenvalue weighted by Gasteiger charge is 2.05. The van der Waals surface area contributed by atoms with Crippen LogP contribution in [0.25, 0.3) is 0 Å². The molecule has 2 nitrogen and oxygen atoms in total. The van der Waals surface area contributed by atoms with Crippen molar-refractivity contribution in [3.63, 3.8) is 0 Å². The lowest BCUT2D eigenvalue weighted by Crippen LogP contribution is -1.97. The van der Waals surface area contributed by atoms with E-state index in [0.717, 1.165) is 11.1 Å². The molecule has 0 heterocycles. The summed E-state index contributed by atoms with van der Waals surface area (Å²) < 4.78 is 5.64. The fourth-order valence-corrected chi connectivity index (χ4v) is 1.72. The van der Waals surface area contributed by atoms with Gasteiger partial charge in [-0.15, -0.1) is 0 Å². The molecule has 17 heavy (non-hydrogen) atoms. The smallest absolute Gasteiger partial charge is 0.126 e. The number of phenols is 1. The second kappa shape index (κ2) is 5.11. The minimum absolute atomic E-state index is 0.238. The Labute approximate surface area is 105 Å². The Balaban J connectivity index is 2.13. The van der Waals surface area contributed by atoms with Crippen LogP contribution in [0.4, 0.5) is 0 Å². The van der Waals surface area contributed by atoms with Crippen LogP contribution >= 0.6 is 11.6 Å². The number of hydrogen-bond donors (Lipinski definition) is 1. The molecule has 0 aliphatic heterocycles. The maximum Gasteiger partial charge on any atom is 0.126 e. The summed E-state index contributed by atoms with van der Waals surface area (Å²) >= 11 is 6.03. The van der Waals surface area contributed by atoms with Crippen LogP contribution in [-0.4, -0.2) is 5.11 Å². The molecule has 0 saturated carbocycles. The summed E-state index contributed by atoms with van der Waals surface area (Å²) in [6.07, 6.45) is 0. The van der Waals surface area contributed by atoms with Crippen molar-refractivity contribution in [3.8, 4) is 11.5 Å². The Morgan fingerprint density at radius 1 is 1.12 bits per heavy atom. The lowest BCUT2D eigenvalue weighted by atomic mass is 10.2. The van der Waals surface area contributed by atoms with Crippen LogP contribution in [0.3, 0.4) is 0 Å². The third-order valence-electron chi connectivity index (χ3n) is 2.60. The predicted molar refractivity (Wildman–Crippen MR) is 68.6 cm³/mol. The number of benzene rings is 2. The van der Waals surface area contributed by atoms with Crippen molar-refractivity contribution in [1.82, 2.24) is 0 Å². The van der Waals surface area contributed by atoms with Gasteiger partial charge < -0.3 is 9.84 Å². The van der Waals surface area contributed by atoms with Gasteiger partial charge in [0.1, 0.15) is 18.1 Å². The van der Waals surface area contributed by atoms with E-state index in [9.17, 15) is 5.11 Å². The number of ether oxygens (including phenoxy) is 1. The van der Waals surface area contributed by atoms with Crippen molar-refractivity contribution in [2.24, 2.45) is 0 Å². The van der Waals surface area contributed by atoms with E-state index in [1.165, 1.54) is 0 Å². The molecule has 0 saturated heterocycles. The summed E-state index contributed by atoms with van der Waals surface area (Å²) in [5.41, 5.74) is 1.66. The topological polar surface area (TPSA) is 29.5 Å². The van der Waals surface area contributed by atoms with Gasteiger partial charge in [0.05, 0.1) is 0 Å². The van der Waals surface area contributed by atoms with Crippen LogP contribution in [0.1, 0.15) is 11.1 Å². The van der Waals surface area contributed by atoms with Crippen molar-refractivity contribution in [1.29, 1.82) is 0 Å². The molecule has 0 fully saturated rings. The number of rotatable bonds is 3. The molecule has 0 aromatic heterocycles. The molecule has 0 aliphatic carbocycles. The molecule has 0 unspecified atom stereocenters. The average molecular weight is 249 g/mol. The Kier molecular flexibility index (Phi) is 3.55. The first-order chi connectivity index (χ1) is 8.18. The van der Waals surface area contributed by atoms with Crippen LogP contribution < -0.4 is 4.74 Å². The van der Waals surface area contributed by atoms with E-state index in [0.29, 0.717) is 17.4 Å². The number of hydrogen-bond acceptors (Lipinski definition) is 2. The summed E-state index contributed by atoms with van der Waals surface area (Å²) in [5, 5.41) is 10.2. The molecular formula is C14H13ClO2. The molecular weight excluding hydrogens is 236 g/mol. The second-order valence-electron chi connectivity index (χ2n) is 3.78. The van der Waals surface area contributed by atoms with Gasteiger partial charge in [-0.2, -0.15) is 0 Å². The summed E-state index contributed by atoms with van der Waals surface area (Å²) in [7, 11) is 0. The van der Waals surface area contributed by atoms with E-state index in [2.05, 4.69) is 0 Å². The first-order valence-corrected chi connectivity index (χ1v) is 5.71. The molecule has 0 aliphatic rings. The zero-order valence-electron chi connectivity index (χ0n) is 9.48. The van der Waals surface area contributed by atoms with Crippen molar-refractivity contribution in [2.75, 3.05) is 0 Å². The van der Waals surface area contributed by atoms with Gasteiger partial charge in [0, 0.05) is 16.1 Å². The maximum atomic E-state index is 9.55. The van der Waals surface area contributed by atoms with Gasteiger partial charge in [-0.1, -0.05) is 35.9 Å². The highest BCUT2D eigenvalue weighted by molar-refractivity contribution is 6.31. The summed E-state index contributed by atoms with van der Waals surface area (Å²) in [6.45, 7) is 2.21. The van der Waals surface area contributed by atoms with Crippen molar-refractivity contribution < 1.29 is 9.84 Å². The van der Waals surface area contributed by atoms with E-state index < -0.39 is 0 Å². The highest BCUT2D eigenvalue weighted by Crippen LogP contribution is 2.27. The molecule has 0 bridgehead atoms. The van der Waals surface area contributed by atoms with Gasteiger partial charge in [-0.05, 0) is 25.1 Å². The number of halogens is 1. The van der Waals surface area contributed by atoms with Crippen molar-refractivity contribution in [3.05, 3.63) is 58.6 Å². The van der Waals surface area contributed by atoms with Crippen molar-refractivity contribution in [2.45, 2.75) is 13.5 Å². The highest BCUT2D eigenvalue weighted by atomic mass is 35.5. The number of aromatic hydroxyl groups is 1. The largest absolute Gasteiger partial charge is 0.508 e. The Morgan fingerprint density at radius 2 is 1.88 bits per heavy atom. The fraction of sp³-hybridized carbons (Fsp3) is 0.143. The van der Waals surface area contributed by atoms with Gasteiger partial charge >= 0.3 is 0 Å². The van der Waals surface area contributed by atoms with E-state index in [4.69, 9.17) is 16.3 Å². The standard InChI is InChI=1S/C14H13ClO2/c1-10-13(16)7-4-8-14(10)17-9-11-5-2-3-6-12(11)15/h2-8,16H,9H2,1H3. The number of phenolic OH excluding ortho intramolecular Hbond substituents is 1. The molecule has 0 spiro atoms. The van der Waals surface area contributed by atoms with Crippen LogP contribution in [0, 0.1) is 6.92 Å². The van der Waals surface area contributed by atoms with Crippen LogP contribution in [0.15, 0.2) is 42.5 Å².